The Bertz CT molecular complexity index is 522. The summed E-state index contributed by atoms with van der Waals surface area (Å²) in [5, 5.41) is 0. The molecule has 0 radical (unpaired) electrons. The zero-order valence-electron chi connectivity index (χ0n) is 15.5. The first-order valence-corrected chi connectivity index (χ1v) is 8.92. The van der Waals surface area contributed by atoms with Crippen LogP contribution in [0.15, 0.2) is 11.8 Å². The number of hydrogen-bond donors (Lipinski definition) is 0. The van der Waals surface area contributed by atoms with Gasteiger partial charge in [-0.1, -0.05) is 27.7 Å². The molecular weight excluding hydrogens is 308 g/mol. The second-order valence-corrected chi connectivity index (χ2v) is 7.98. The van der Waals surface area contributed by atoms with E-state index in [4.69, 9.17) is 14.2 Å². The maximum absolute atomic E-state index is 12.6. The molecule has 1 aliphatic carbocycles. The largest absolute Gasteiger partial charge is 0.465 e. The van der Waals surface area contributed by atoms with Gasteiger partial charge in [-0.2, -0.15) is 0 Å². The van der Waals surface area contributed by atoms with E-state index < -0.39 is 17.2 Å². The van der Waals surface area contributed by atoms with Crippen molar-refractivity contribution in [3.8, 4) is 0 Å². The Kier molecular flexibility index (Phi) is 5.74. The fraction of sp³-hybridized carbons (Fsp3) is 0.789. The van der Waals surface area contributed by atoms with E-state index in [1.807, 2.05) is 20.8 Å². The quantitative estimate of drug-likeness (QED) is 0.547. The number of esters is 1. The summed E-state index contributed by atoms with van der Waals surface area (Å²) in [5.74, 6) is -0.113. The molecule has 0 spiro atoms. The SMILES string of the molecule is CC(C)COC(=O)/C=C1/C[C@@]2(C)C(=O)CCC[C@]2(OCC(C)C)O1. The molecule has 1 saturated heterocycles. The van der Waals surface area contributed by atoms with Gasteiger partial charge in [0.15, 0.2) is 0 Å². The van der Waals surface area contributed by atoms with Crippen LogP contribution in [-0.2, 0) is 23.8 Å². The predicted octanol–water partition coefficient (Wildman–Crippen LogP) is 3.62. The third kappa shape index (κ3) is 3.82. The van der Waals surface area contributed by atoms with Gasteiger partial charge in [0.1, 0.15) is 11.5 Å². The number of ketones is 1. The lowest BCUT2D eigenvalue weighted by Gasteiger charge is -2.43. The zero-order valence-corrected chi connectivity index (χ0v) is 15.5. The summed E-state index contributed by atoms with van der Waals surface area (Å²) in [6.45, 7) is 10.9. The lowest BCUT2D eigenvalue weighted by atomic mass is 9.69. The van der Waals surface area contributed by atoms with Crippen LogP contribution in [0.2, 0.25) is 0 Å². The van der Waals surface area contributed by atoms with E-state index in [9.17, 15) is 9.59 Å². The molecule has 0 aromatic carbocycles. The average molecular weight is 338 g/mol. The average Bonchev–Trinajstić information content (AvgIpc) is 2.77. The van der Waals surface area contributed by atoms with Gasteiger partial charge in [0, 0.05) is 19.3 Å². The molecule has 0 aromatic rings. The number of carbonyl (C=O) groups excluding carboxylic acids is 2. The van der Waals surface area contributed by atoms with E-state index in [2.05, 4.69) is 13.8 Å². The third-order valence-electron chi connectivity index (χ3n) is 4.68. The Morgan fingerprint density at radius 3 is 2.54 bits per heavy atom. The van der Waals surface area contributed by atoms with E-state index in [1.54, 1.807) is 0 Å². The number of hydrogen-bond acceptors (Lipinski definition) is 5. The highest BCUT2D eigenvalue weighted by Crippen LogP contribution is 2.55. The van der Waals surface area contributed by atoms with Crippen LogP contribution in [0.4, 0.5) is 0 Å². The number of fused-ring (bicyclic) bond motifs is 1. The van der Waals surface area contributed by atoms with Crippen molar-refractivity contribution in [3.05, 3.63) is 11.8 Å². The minimum absolute atomic E-state index is 0.149. The van der Waals surface area contributed by atoms with Gasteiger partial charge in [-0.05, 0) is 25.2 Å². The molecule has 136 valence electrons. The van der Waals surface area contributed by atoms with Crippen molar-refractivity contribution >= 4 is 11.8 Å². The molecule has 0 bridgehead atoms. The van der Waals surface area contributed by atoms with Crippen LogP contribution in [0.25, 0.3) is 0 Å². The smallest absolute Gasteiger partial charge is 0.334 e. The molecule has 2 atom stereocenters. The van der Waals surface area contributed by atoms with Crippen molar-refractivity contribution in [3.63, 3.8) is 0 Å². The Labute approximate surface area is 144 Å². The van der Waals surface area contributed by atoms with Gasteiger partial charge in [0.2, 0.25) is 5.79 Å². The van der Waals surface area contributed by atoms with Crippen LogP contribution in [0.3, 0.4) is 0 Å². The molecule has 0 unspecified atom stereocenters. The molecule has 0 N–H and O–H groups in total. The third-order valence-corrected chi connectivity index (χ3v) is 4.68. The summed E-state index contributed by atoms with van der Waals surface area (Å²) >= 11 is 0. The van der Waals surface area contributed by atoms with Crippen LogP contribution < -0.4 is 0 Å². The van der Waals surface area contributed by atoms with Gasteiger partial charge in [0.05, 0.1) is 24.7 Å². The van der Waals surface area contributed by atoms with Crippen molar-refractivity contribution in [1.29, 1.82) is 0 Å². The normalized spacial score (nSPS) is 31.5. The Morgan fingerprint density at radius 2 is 1.92 bits per heavy atom. The van der Waals surface area contributed by atoms with E-state index in [-0.39, 0.29) is 11.7 Å². The van der Waals surface area contributed by atoms with E-state index in [1.165, 1.54) is 6.08 Å². The van der Waals surface area contributed by atoms with E-state index in [0.29, 0.717) is 44.2 Å². The summed E-state index contributed by atoms with van der Waals surface area (Å²) in [7, 11) is 0. The molecule has 24 heavy (non-hydrogen) atoms. The second kappa shape index (κ2) is 7.26. The zero-order chi connectivity index (χ0) is 18.0. The van der Waals surface area contributed by atoms with Crippen molar-refractivity contribution in [2.24, 2.45) is 17.3 Å². The number of rotatable bonds is 6. The fourth-order valence-corrected chi connectivity index (χ4v) is 3.30. The van der Waals surface area contributed by atoms with Gasteiger partial charge in [-0.15, -0.1) is 0 Å². The van der Waals surface area contributed by atoms with Crippen molar-refractivity contribution in [2.45, 2.75) is 66.1 Å². The summed E-state index contributed by atoms with van der Waals surface area (Å²) in [6, 6.07) is 0. The highest BCUT2D eigenvalue weighted by Gasteiger charge is 2.63. The number of carbonyl (C=O) groups is 2. The topological polar surface area (TPSA) is 61.8 Å². The molecular formula is C19H30O5. The minimum Gasteiger partial charge on any atom is -0.465 e. The molecule has 1 aliphatic heterocycles. The molecule has 1 heterocycles. The molecule has 0 amide bonds. The highest BCUT2D eigenvalue weighted by atomic mass is 16.7. The lowest BCUT2D eigenvalue weighted by molar-refractivity contribution is -0.256. The van der Waals surface area contributed by atoms with Gasteiger partial charge in [-0.3, -0.25) is 4.79 Å². The van der Waals surface area contributed by atoms with E-state index in [0.717, 1.165) is 6.42 Å². The van der Waals surface area contributed by atoms with Crippen molar-refractivity contribution in [1.82, 2.24) is 0 Å². The predicted molar refractivity (Wildman–Crippen MR) is 90.1 cm³/mol. The minimum atomic E-state index is -0.948. The van der Waals surface area contributed by atoms with Crippen LogP contribution in [0.1, 0.15) is 60.3 Å². The van der Waals surface area contributed by atoms with Crippen LogP contribution in [0, 0.1) is 17.3 Å². The summed E-state index contributed by atoms with van der Waals surface area (Å²) < 4.78 is 17.4. The number of Topliss-reactive ketones (excluding diaryl/α,β-unsaturated/α-hetero) is 1. The number of allylic oxidation sites excluding steroid dienone is 1. The van der Waals surface area contributed by atoms with Crippen molar-refractivity contribution in [2.75, 3.05) is 13.2 Å². The number of ether oxygens (including phenoxy) is 3. The summed E-state index contributed by atoms with van der Waals surface area (Å²) in [5.41, 5.74) is -0.732. The van der Waals surface area contributed by atoms with Gasteiger partial charge in [0.25, 0.3) is 0 Å². The van der Waals surface area contributed by atoms with Crippen molar-refractivity contribution < 1.29 is 23.8 Å². The van der Waals surface area contributed by atoms with Gasteiger partial charge in [-0.25, -0.2) is 4.79 Å². The summed E-state index contributed by atoms with van der Waals surface area (Å²) in [4.78, 5) is 24.6. The molecule has 5 heteroatoms. The lowest BCUT2D eigenvalue weighted by Crippen LogP contribution is -2.53. The first-order chi connectivity index (χ1) is 11.2. The molecule has 2 fully saturated rings. The first-order valence-electron chi connectivity index (χ1n) is 8.92. The first kappa shape index (κ1) is 19.0. The standard InChI is InChI=1S/C19H30O5/c1-13(2)11-22-17(21)9-15-10-18(5)16(20)7-6-8-19(18,24-15)23-12-14(3)4/h9,13-14H,6-8,10-12H2,1-5H3/b15-9-/t18-,19-/m0/s1. The van der Waals surface area contributed by atoms with Crippen LogP contribution >= 0.6 is 0 Å². The maximum atomic E-state index is 12.6. The maximum Gasteiger partial charge on any atom is 0.334 e. The Morgan fingerprint density at radius 1 is 1.25 bits per heavy atom. The van der Waals surface area contributed by atoms with E-state index >= 15 is 0 Å². The molecule has 0 aromatic heterocycles. The molecule has 2 aliphatic rings. The monoisotopic (exact) mass is 338 g/mol. The summed E-state index contributed by atoms with van der Waals surface area (Å²) in [6.07, 6.45) is 3.72. The molecule has 2 rings (SSSR count). The van der Waals surface area contributed by atoms with Gasteiger partial charge >= 0.3 is 5.97 Å². The van der Waals surface area contributed by atoms with Crippen LogP contribution in [-0.4, -0.2) is 30.8 Å². The van der Waals surface area contributed by atoms with Gasteiger partial charge < -0.3 is 14.2 Å². The highest BCUT2D eigenvalue weighted by molar-refractivity contribution is 5.88. The second-order valence-electron chi connectivity index (χ2n) is 7.98. The molecule has 1 saturated carbocycles. The Hall–Kier alpha value is -1.36. The Balaban J connectivity index is 2.18. The molecule has 5 nitrogen and oxygen atoms in total. The fourth-order valence-electron chi connectivity index (χ4n) is 3.30. The van der Waals surface area contributed by atoms with Crippen LogP contribution in [0.5, 0.6) is 0 Å².